The van der Waals surface area contributed by atoms with E-state index in [4.69, 9.17) is 20.6 Å². The summed E-state index contributed by atoms with van der Waals surface area (Å²) in [5.41, 5.74) is 0.533. The number of pyridine rings is 1. The Morgan fingerprint density at radius 2 is 2.11 bits per heavy atom. The zero-order valence-corrected chi connectivity index (χ0v) is 16.4. The Balaban J connectivity index is 2.19. The number of benzene rings is 1. The monoisotopic (exact) mass is 370 g/mol. The van der Waals surface area contributed by atoms with E-state index in [9.17, 15) is 4.79 Å². The van der Waals surface area contributed by atoms with Gasteiger partial charge in [0.1, 0.15) is 11.9 Å². The topological polar surface area (TPSA) is 69.7 Å². The van der Waals surface area contributed by atoms with Crippen molar-refractivity contribution < 1.29 is 19.0 Å². The summed E-state index contributed by atoms with van der Waals surface area (Å²) >= 11 is 0. The SMILES string of the molecule is C#Cc1cnc2ccc(OC(CC)C(=O)NC(C)(OC)C(C)OC)cc2c1. The van der Waals surface area contributed by atoms with Crippen molar-refractivity contribution in [3.05, 3.63) is 36.0 Å². The van der Waals surface area contributed by atoms with Crippen LogP contribution < -0.4 is 10.1 Å². The first-order valence-corrected chi connectivity index (χ1v) is 8.79. The summed E-state index contributed by atoms with van der Waals surface area (Å²) < 4.78 is 16.7. The molecule has 1 aromatic carbocycles. The number of nitrogens with zero attached hydrogens (tertiary/aromatic N) is 1. The third-order valence-electron chi connectivity index (χ3n) is 4.69. The Bertz CT molecular complexity index is 846. The molecule has 1 amide bonds. The van der Waals surface area contributed by atoms with Crippen LogP contribution in [0.2, 0.25) is 0 Å². The van der Waals surface area contributed by atoms with Crippen molar-refractivity contribution in [2.24, 2.45) is 0 Å². The van der Waals surface area contributed by atoms with E-state index < -0.39 is 11.8 Å². The fourth-order valence-corrected chi connectivity index (χ4v) is 2.62. The van der Waals surface area contributed by atoms with Crippen molar-refractivity contribution in [1.29, 1.82) is 0 Å². The van der Waals surface area contributed by atoms with E-state index >= 15 is 0 Å². The Morgan fingerprint density at radius 1 is 1.37 bits per heavy atom. The van der Waals surface area contributed by atoms with Crippen LogP contribution in [0.3, 0.4) is 0 Å². The van der Waals surface area contributed by atoms with E-state index in [1.165, 1.54) is 7.11 Å². The van der Waals surface area contributed by atoms with Gasteiger partial charge in [-0.3, -0.25) is 9.78 Å². The van der Waals surface area contributed by atoms with Crippen LogP contribution >= 0.6 is 0 Å². The number of carbonyl (C=O) groups excluding carboxylic acids is 1. The van der Waals surface area contributed by atoms with E-state index in [2.05, 4.69) is 16.2 Å². The fraction of sp³-hybridized carbons (Fsp3) is 0.429. The van der Waals surface area contributed by atoms with Crippen LogP contribution in [0.4, 0.5) is 0 Å². The summed E-state index contributed by atoms with van der Waals surface area (Å²) in [6.07, 6.45) is 6.56. The van der Waals surface area contributed by atoms with Crippen molar-refractivity contribution in [2.45, 2.75) is 45.1 Å². The first-order valence-electron chi connectivity index (χ1n) is 8.79. The summed E-state index contributed by atoms with van der Waals surface area (Å²) in [6.45, 7) is 5.47. The first-order chi connectivity index (χ1) is 12.9. The number of nitrogens with one attached hydrogen (secondary N) is 1. The number of ether oxygens (including phenoxy) is 3. The summed E-state index contributed by atoms with van der Waals surface area (Å²) in [7, 11) is 3.09. The number of aromatic nitrogens is 1. The second kappa shape index (κ2) is 8.85. The van der Waals surface area contributed by atoms with E-state index in [1.807, 2.05) is 32.0 Å². The average Bonchev–Trinajstić information content (AvgIpc) is 2.70. The number of terminal acetylenes is 1. The molecule has 1 N–H and O–H groups in total. The molecular formula is C21H26N2O4. The van der Waals surface area contributed by atoms with Gasteiger partial charge in [-0.15, -0.1) is 6.42 Å². The van der Waals surface area contributed by atoms with Gasteiger partial charge in [0.05, 0.1) is 5.52 Å². The highest BCUT2D eigenvalue weighted by Crippen LogP contribution is 2.22. The van der Waals surface area contributed by atoms with Gasteiger partial charge < -0.3 is 19.5 Å². The quantitative estimate of drug-likeness (QED) is 0.572. The predicted molar refractivity (Wildman–Crippen MR) is 104 cm³/mol. The standard InChI is InChI=1S/C21H26N2O4/c1-7-15-11-16-12-17(9-10-18(16)22-13-15)27-19(8-2)20(24)23-21(4,26-6)14(3)25-5/h1,9-14,19H,8H2,2-6H3,(H,23,24). The maximum Gasteiger partial charge on any atom is 0.263 e. The number of fused-ring (bicyclic) bond motifs is 1. The zero-order valence-electron chi connectivity index (χ0n) is 16.4. The van der Waals surface area contributed by atoms with Crippen LogP contribution in [-0.2, 0) is 14.3 Å². The third-order valence-corrected chi connectivity index (χ3v) is 4.69. The number of methoxy groups -OCH3 is 2. The molecule has 0 fully saturated rings. The van der Waals surface area contributed by atoms with Crippen LogP contribution in [0.15, 0.2) is 30.5 Å². The van der Waals surface area contributed by atoms with Gasteiger partial charge in [-0.25, -0.2) is 0 Å². The fourth-order valence-electron chi connectivity index (χ4n) is 2.62. The first kappa shape index (κ1) is 20.7. The molecule has 144 valence electrons. The molecule has 6 heteroatoms. The molecule has 3 atom stereocenters. The van der Waals surface area contributed by atoms with Gasteiger partial charge in [0.2, 0.25) is 0 Å². The molecule has 0 aliphatic carbocycles. The summed E-state index contributed by atoms with van der Waals surface area (Å²) in [5.74, 6) is 2.86. The van der Waals surface area contributed by atoms with Gasteiger partial charge in [0.15, 0.2) is 11.8 Å². The molecule has 0 aliphatic rings. The van der Waals surface area contributed by atoms with Crippen molar-refractivity contribution >= 4 is 16.8 Å². The summed E-state index contributed by atoms with van der Waals surface area (Å²) in [5, 5.41) is 3.72. The van der Waals surface area contributed by atoms with Gasteiger partial charge in [-0.05, 0) is 44.5 Å². The van der Waals surface area contributed by atoms with Crippen molar-refractivity contribution in [1.82, 2.24) is 10.3 Å². The molecule has 27 heavy (non-hydrogen) atoms. The zero-order chi connectivity index (χ0) is 20.0. The Morgan fingerprint density at radius 3 is 2.70 bits per heavy atom. The molecule has 1 heterocycles. The maximum atomic E-state index is 12.7. The Hall–Kier alpha value is -2.62. The molecule has 3 unspecified atom stereocenters. The van der Waals surface area contributed by atoms with Crippen LogP contribution in [0.5, 0.6) is 5.75 Å². The minimum Gasteiger partial charge on any atom is -0.481 e. The van der Waals surface area contributed by atoms with Gasteiger partial charge >= 0.3 is 0 Å². The van der Waals surface area contributed by atoms with Gasteiger partial charge in [-0.1, -0.05) is 12.8 Å². The van der Waals surface area contributed by atoms with Crippen LogP contribution in [-0.4, -0.2) is 43.0 Å². The largest absolute Gasteiger partial charge is 0.481 e. The highest BCUT2D eigenvalue weighted by molar-refractivity contribution is 5.83. The molecule has 0 aliphatic heterocycles. The van der Waals surface area contributed by atoms with Gasteiger partial charge in [-0.2, -0.15) is 0 Å². The molecule has 6 nitrogen and oxygen atoms in total. The molecule has 2 aromatic rings. The van der Waals surface area contributed by atoms with E-state index in [0.29, 0.717) is 17.7 Å². The molecule has 0 radical (unpaired) electrons. The number of hydrogen-bond donors (Lipinski definition) is 1. The predicted octanol–water partition coefficient (Wildman–Crippen LogP) is 2.89. The molecule has 0 saturated heterocycles. The van der Waals surface area contributed by atoms with Crippen molar-refractivity contribution in [2.75, 3.05) is 14.2 Å². The summed E-state index contributed by atoms with van der Waals surface area (Å²) in [4.78, 5) is 17.0. The number of amides is 1. The molecule has 1 aromatic heterocycles. The van der Waals surface area contributed by atoms with Gasteiger partial charge in [0, 0.05) is 31.4 Å². The minimum atomic E-state index is -0.961. The molecule has 0 saturated carbocycles. The lowest BCUT2D eigenvalue weighted by molar-refractivity contribution is -0.152. The molecule has 2 rings (SSSR count). The lowest BCUT2D eigenvalue weighted by Gasteiger charge is -2.35. The number of rotatable bonds is 8. The third kappa shape index (κ3) is 4.76. The van der Waals surface area contributed by atoms with Crippen molar-refractivity contribution in [3.8, 4) is 18.1 Å². The Kier molecular flexibility index (Phi) is 6.78. The number of hydrogen-bond acceptors (Lipinski definition) is 5. The normalized spacial score (nSPS) is 15.4. The summed E-state index contributed by atoms with van der Waals surface area (Å²) in [6, 6.07) is 7.31. The second-order valence-electron chi connectivity index (χ2n) is 6.42. The van der Waals surface area contributed by atoms with Crippen molar-refractivity contribution in [3.63, 3.8) is 0 Å². The van der Waals surface area contributed by atoms with E-state index in [-0.39, 0.29) is 12.0 Å². The smallest absolute Gasteiger partial charge is 0.263 e. The number of carbonyl (C=O) groups is 1. The van der Waals surface area contributed by atoms with Crippen LogP contribution in [0.25, 0.3) is 10.9 Å². The molecular weight excluding hydrogens is 344 g/mol. The molecule has 0 bridgehead atoms. The van der Waals surface area contributed by atoms with Crippen LogP contribution in [0, 0.1) is 12.3 Å². The lowest BCUT2D eigenvalue weighted by atomic mass is 10.1. The highest BCUT2D eigenvalue weighted by atomic mass is 16.6. The highest BCUT2D eigenvalue weighted by Gasteiger charge is 2.35. The second-order valence-corrected chi connectivity index (χ2v) is 6.42. The Labute approximate surface area is 160 Å². The average molecular weight is 370 g/mol. The van der Waals surface area contributed by atoms with Crippen LogP contribution in [0.1, 0.15) is 32.8 Å². The van der Waals surface area contributed by atoms with Gasteiger partial charge in [0.25, 0.3) is 5.91 Å². The maximum absolute atomic E-state index is 12.7. The lowest BCUT2D eigenvalue weighted by Crippen LogP contribution is -2.58. The van der Waals surface area contributed by atoms with E-state index in [0.717, 1.165) is 10.9 Å². The molecule has 0 spiro atoms. The van der Waals surface area contributed by atoms with E-state index in [1.54, 1.807) is 26.3 Å². The minimum absolute atomic E-state index is 0.277.